The molecule has 20 heavy (non-hydrogen) atoms. The molecule has 2 N–H and O–H groups in total. The summed E-state index contributed by atoms with van der Waals surface area (Å²) in [6.45, 7) is 0.730. The molecule has 1 saturated heterocycles. The fourth-order valence-corrected chi connectivity index (χ4v) is 3.93. The number of imidazole rings is 1. The molecule has 2 fully saturated rings. The van der Waals surface area contributed by atoms with E-state index in [0.717, 1.165) is 32.3 Å². The maximum absolute atomic E-state index is 11.3. The Kier molecular flexibility index (Phi) is 3.60. The van der Waals surface area contributed by atoms with E-state index in [2.05, 4.69) is 4.98 Å². The summed E-state index contributed by atoms with van der Waals surface area (Å²) in [5.74, 6) is 0. The monoisotopic (exact) mass is 299 g/mol. The highest BCUT2D eigenvalue weighted by Crippen LogP contribution is 2.42. The van der Waals surface area contributed by atoms with Gasteiger partial charge in [0.1, 0.15) is 0 Å². The van der Waals surface area contributed by atoms with Crippen LogP contribution in [-0.2, 0) is 14.8 Å². The first-order valence-corrected chi connectivity index (χ1v) is 8.73. The van der Waals surface area contributed by atoms with Crippen molar-refractivity contribution in [2.75, 3.05) is 6.61 Å². The standard InChI is InChI=1S/C13H21N3O3S/c14-20(17,18)12-9-16(10-15-12)11-4-7-19-13(8-11)5-2-1-3-6-13/h9-11H,1-8H2,(H2,14,17,18). The van der Waals surface area contributed by atoms with E-state index in [0.29, 0.717) is 0 Å². The first-order valence-electron chi connectivity index (χ1n) is 7.19. The zero-order valence-electron chi connectivity index (χ0n) is 11.5. The molecule has 0 amide bonds. The van der Waals surface area contributed by atoms with Crippen LogP contribution in [0.25, 0.3) is 0 Å². The summed E-state index contributed by atoms with van der Waals surface area (Å²) in [4.78, 5) is 3.91. The molecule has 1 unspecified atom stereocenters. The molecule has 1 spiro atoms. The van der Waals surface area contributed by atoms with Crippen LogP contribution >= 0.6 is 0 Å². The van der Waals surface area contributed by atoms with Crippen LogP contribution in [0.2, 0.25) is 0 Å². The molecule has 6 nitrogen and oxygen atoms in total. The SMILES string of the molecule is NS(=O)(=O)c1cn(C2CCOC3(CCCCC3)C2)cn1. The first-order chi connectivity index (χ1) is 9.49. The Morgan fingerprint density at radius 3 is 2.75 bits per heavy atom. The Morgan fingerprint density at radius 2 is 2.10 bits per heavy atom. The van der Waals surface area contributed by atoms with Crippen molar-refractivity contribution in [2.24, 2.45) is 5.14 Å². The quantitative estimate of drug-likeness (QED) is 0.898. The highest BCUT2D eigenvalue weighted by molar-refractivity contribution is 7.89. The number of aromatic nitrogens is 2. The molecule has 1 aliphatic carbocycles. The van der Waals surface area contributed by atoms with E-state index >= 15 is 0 Å². The zero-order valence-corrected chi connectivity index (χ0v) is 12.3. The molecular formula is C13H21N3O3S. The van der Waals surface area contributed by atoms with Crippen molar-refractivity contribution in [2.45, 2.75) is 61.6 Å². The van der Waals surface area contributed by atoms with Crippen molar-refractivity contribution in [3.63, 3.8) is 0 Å². The Balaban J connectivity index is 1.78. The van der Waals surface area contributed by atoms with Gasteiger partial charge in [-0.2, -0.15) is 0 Å². The highest BCUT2D eigenvalue weighted by Gasteiger charge is 2.39. The van der Waals surface area contributed by atoms with Crippen LogP contribution in [0.4, 0.5) is 0 Å². The Bertz CT molecular complexity index is 570. The molecule has 7 heteroatoms. The number of nitrogens with two attached hydrogens (primary N) is 1. The van der Waals surface area contributed by atoms with Gasteiger partial charge in [0.15, 0.2) is 5.03 Å². The Morgan fingerprint density at radius 1 is 1.35 bits per heavy atom. The summed E-state index contributed by atoms with van der Waals surface area (Å²) in [6.07, 6.45) is 10.9. The van der Waals surface area contributed by atoms with E-state index in [4.69, 9.17) is 9.88 Å². The molecular weight excluding hydrogens is 278 g/mol. The Labute approximate surface area is 119 Å². The van der Waals surface area contributed by atoms with Crippen molar-refractivity contribution in [3.8, 4) is 0 Å². The number of hydrogen-bond acceptors (Lipinski definition) is 4. The molecule has 1 aromatic heterocycles. The summed E-state index contributed by atoms with van der Waals surface area (Å²) in [5, 5.41) is 5.05. The van der Waals surface area contributed by atoms with E-state index in [-0.39, 0.29) is 16.7 Å². The minimum absolute atomic E-state index is 0.00676. The number of nitrogens with zero attached hydrogens (tertiary/aromatic N) is 2. The van der Waals surface area contributed by atoms with Crippen LogP contribution in [0.15, 0.2) is 17.6 Å². The number of sulfonamides is 1. The fourth-order valence-electron chi connectivity index (χ4n) is 3.47. The highest BCUT2D eigenvalue weighted by atomic mass is 32.2. The molecule has 1 saturated carbocycles. The molecule has 0 radical (unpaired) electrons. The van der Waals surface area contributed by atoms with Crippen molar-refractivity contribution in [3.05, 3.63) is 12.5 Å². The lowest BCUT2D eigenvalue weighted by Crippen LogP contribution is -2.41. The smallest absolute Gasteiger partial charge is 0.257 e. The van der Waals surface area contributed by atoms with Crippen LogP contribution in [0.1, 0.15) is 51.0 Å². The molecule has 112 valence electrons. The molecule has 0 bridgehead atoms. The fraction of sp³-hybridized carbons (Fsp3) is 0.769. The predicted molar refractivity (Wildman–Crippen MR) is 73.6 cm³/mol. The van der Waals surface area contributed by atoms with Crippen molar-refractivity contribution in [1.29, 1.82) is 0 Å². The van der Waals surface area contributed by atoms with Gasteiger partial charge in [-0.3, -0.25) is 0 Å². The lowest BCUT2D eigenvalue weighted by Gasteiger charge is -2.43. The Hall–Kier alpha value is -0.920. The molecule has 1 aliphatic heterocycles. The van der Waals surface area contributed by atoms with Crippen molar-refractivity contribution >= 4 is 10.0 Å². The van der Waals surface area contributed by atoms with Gasteiger partial charge in [0.2, 0.25) is 0 Å². The molecule has 1 aromatic rings. The van der Waals surface area contributed by atoms with Crippen LogP contribution < -0.4 is 5.14 Å². The van der Waals surface area contributed by atoms with Gasteiger partial charge in [0, 0.05) is 18.8 Å². The third kappa shape index (κ3) is 2.75. The first kappa shape index (κ1) is 14.0. The van der Waals surface area contributed by atoms with E-state index in [9.17, 15) is 8.42 Å². The van der Waals surface area contributed by atoms with Gasteiger partial charge in [-0.25, -0.2) is 18.5 Å². The molecule has 1 atom stereocenters. The second-order valence-corrected chi connectivity index (χ2v) is 7.45. The number of hydrogen-bond donors (Lipinski definition) is 1. The van der Waals surface area contributed by atoms with Crippen LogP contribution in [-0.4, -0.2) is 30.2 Å². The van der Waals surface area contributed by atoms with Gasteiger partial charge in [0.05, 0.1) is 11.9 Å². The minimum Gasteiger partial charge on any atom is -0.375 e. The minimum atomic E-state index is -3.72. The third-order valence-corrected chi connectivity index (χ3v) is 5.32. The molecule has 2 heterocycles. The van der Waals surface area contributed by atoms with Crippen molar-refractivity contribution < 1.29 is 13.2 Å². The summed E-state index contributed by atoms with van der Waals surface area (Å²) in [7, 11) is -3.72. The second-order valence-electron chi connectivity index (χ2n) is 5.94. The van der Waals surface area contributed by atoms with E-state index in [1.807, 2.05) is 4.57 Å². The summed E-state index contributed by atoms with van der Waals surface area (Å²) < 4.78 is 30.5. The van der Waals surface area contributed by atoms with E-state index in [1.165, 1.54) is 19.3 Å². The lowest BCUT2D eigenvalue weighted by atomic mass is 9.78. The van der Waals surface area contributed by atoms with Crippen LogP contribution in [0.5, 0.6) is 0 Å². The van der Waals surface area contributed by atoms with Crippen molar-refractivity contribution in [1.82, 2.24) is 9.55 Å². The second kappa shape index (κ2) is 5.13. The van der Waals surface area contributed by atoms with Gasteiger partial charge in [-0.1, -0.05) is 19.3 Å². The van der Waals surface area contributed by atoms with Crippen LogP contribution in [0.3, 0.4) is 0 Å². The zero-order chi connectivity index (χ0) is 14.2. The van der Waals surface area contributed by atoms with Gasteiger partial charge >= 0.3 is 0 Å². The predicted octanol–water partition coefficient (Wildman–Crippen LogP) is 1.58. The third-order valence-electron chi connectivity index (χ3n) is 4.52. The molecule has 0 aromatic carbocycles. The number of ether oxygens (including phenoxy) is 1. The van der Waals surface area contributed by atoms with Gasteiger partial charge in [0.25, 0.3) is 10.0 Å². The maximum Gasteiger partial charge on any atom is 0.257 e. The van der Waals surface area contributed by atoms with Gasteiger partial charge in [-0.15, -0.1) is 0 Å². The molecule has 3 rings (SSSR count). The molecule has 2 aliphatic rings. The van der Waals surface area contributed by atoms with Gasteiger partial charge in [-0.05, 0) is 25.7 Å². The topological polar surface area (TPSA) is 87.2 Å². The largest absolute Gasteiger partial charge is 0.375 e. The lowest BCUT2D eigenvalue weighted by molar-refractivity contribution is -0.114. The number of primary sulfonamides is 1. The van der Waals surface area contributed by atoms with Crippen LogP contribution in [0, 0.1) is 0 Å². The summed E-state index contributed by atoms with van der Waals surface area (Å²) in [5.41, 5.74) is -0.00676. The summed E-state index contributed by atoms with van der Waals surface area (Å²) in [6, 6.07) is 0.254. The summed E-state index contributed by atoms with van der Waals surface area (Å²) >= 11 is 0. The normalized spacial score (nSPS) is 26.8. The van der Waals surface area contributed by atoms with E-state index in [1.54, 1.807) is 12.5 Å². The number of rotatable bonds is 2. The van der Waals surface area contributed by atoms with E-state index < -0.39 is 10.0 Å². The average molecular weight is 299 g/mol. The average Bonchev–Trinajstić information content (AvgIpc) is 2.89. The van der Waals surface area contributed by atoms with Gasteiger partial charge < -0.3 is 9.30 Å². The maximum atomic E-state index is 11.3.